The molecule has 0 bridgehead atoms. The Labute approximate surface area is 189 Å². The number of amides is 1. The zero-order valence-electron chi connectivity index (χ0n) is 17.2. The summed E-state index contributed by atoms with van der Waals surface area (Å²) in [4.78, 5) is 18.8. The van der Waals surface area contributed by atoms with E-state index in [2.05, 4.69) is 56.9 Å². The van der Waals surface area contributed by atoms with Crippen molar-refractivity contribution in [1.29, 1.82) is 0 Å². The van der Waals surface area contributed by atoms with E-state index < -0.39 is 0 Å². The summed E-state index contributed by atoms with van der Waals surface area (Å²) in [5.74, 6) is 1.11. The Morgan fingerprint density at radius 2 is 1.38 bits per heavy atom. The van der Waals surface area contributed by atoms with Crippen molar-refractivity contribution in [3.8, 4) is 33.0 Å². The first-order valence-corrected chi connectivity index (χ1v) is 11.1. The number of nitrogens with one attached hydrogen (secondary N) is 2. The normalized spacial score (nSPS) is 10.8. The first-order chi connectivity index (χ1) is 15.8. The van der Waals surface area contributed by atoms with Crippen LogP contribution in [0.25, 0.3) is 33.0 Å². The minimum atomic E-state index is -0.125. The third kappa shape index (κ3) is 4.36. The van der Waals surface area contributed by atoms with E-state index in [1.165, 1.54) is 22.5 Å². The average Bonchev–Trinajstić information content (AvgIpc) is 3.54. The fraction of sp³-hybridized carbons (Fsp3) is 0.0385. The van der Waals surface area contributed by atoms with Crippen LogP contribution in [0, 0.1) is 0 Å². The van der Waals surface area contributed by atoms with E-state index >= 15 is 0 Å². The van der Waals surface area contributed by atoms with Gasteiger partial charge in [-0.25, -0.2) is 4.98 Å². The van der Waals surface area contributed by atoms with Gasteiger partial charge in [-0.1, -0.05) is 84.9 Å². The standard InChI is InChI=1S/C26H20N4OS/c31-26(27-17-24-28-25(30-29-24)21-9-5-2-6-10-21)23-16-15-22(32-23)20-13-11-19(12-14-20)18-7-3-1-4-8-18/h1-16H,17H2,(H,27,31)(H,28,29,30). The van der Waals surface area contributed by atoms with Crippen molar-refractivity contribution in [1.82, 2.24) is 20.5 Å². The topological polar surface area (TPSA) is 70.7 Å². The number of carbonyl (C=O) groups is 1. The summed E-state index contributed by atoms with van der Waals surface area (Å²) in [6.45, 7) is 0.289. The van der Waals surface area contributed by atoms with E-state index in [4.69, 9.17) is 0 Å². The average molecular weight is 437 g/mol. The first kappa shape index (κ1) is 19.9. The minimum absolute atomic E-state index is 0.125. The molecule has 1 amide bonds. The lowest BCUT2D eigenvalue weighted by molar-refractivity contribution is 0.0954. The second-order valence-corrected chi connectivity index (χ2v) is 8.35. The van der Waals surface area contributed by atoms with Crippen molar-refractivity contribution >= 4 is 17.2 Å². The van der Waals surface area contributed by atoms with E-state index in [0.29, 0.717) is 16.5 Å². The summed E-state index contributed by atoms with van der Waals surface area (Å²) >= 11 is 1.47. The lowest BCUT2D eigenvalue weighted by Gasteiger charge is -2.03. The van der Waals surface area contributed by atoms with Crippen LogP contribution in [0.2, 0.25) is 0 Å². The highest BCUT2D eigenvalue weighted by atomic mass is 32.1. The van der Waals surface area contributed by atoms with Gasteiger partial charge in [0.15, 0.2) is 5.82 Å². The molecule has 5 aromatic rings. The maximum Gasteiger partial charge on any atom is 0.261 e. The number of nitrogens with zero attached hydrogens (tertiary/aromatic N) is 2. The maximum atomic E-state index is 12.6. The summed E-state index contributed by atoms with van der Waals surface area (Å²) in [6, 6.07) is 32.3. The molecule has 0 spiro atoms. The van der Waals surface area contributed by atoms with Crippen molar-refractivity contribution in [2.75, 3.05) is 0 Å². The van der Waals surface area contributed by atoms with E-state index in [1.54, 1.807) is 0 Å². The van der Waals surface area contributed by atoms with Gasteiger partial charge in [-0.05, 0) is 28.8 Å². The Morgan fingerprint density at radius 1 is 0.750 bits per heavy atom. The third-order valence-corrected chi connectivity index (χ3v) is 6.22. The molecule has 0 aliphatic rings. The number of aromatic nitrogens is 3. The zero-order chi connectivity index (χ0) is 21.8. The Kier molecular flexibility index (Phi) is 5.59. The number of carbonyl (C=O) groups excluding carboxylic acids is 1. The molecule has 0 aliphatic carbocycles. The summed E-state index contributed by atoms with van der Waals surface area (Å²) in [5, 5.41) is 10.0. The quantitative estimate of drug-likeness (QED) is 0.354. The monoisotopic (exact) mass is 436 g/mol. The van der Waals surface area contributed by atoms with Gasteiger partial charge in [-0.15, -0.1) is 11.3 Å². The number of aromatic amines is 1. The number of hydrogen-bond donors (Lipinski definition) is 2. The molecule has 2 heterocycles. The largest absolute Gasteiger partial charge is 0.344 e. The van der Waals surface area contributed by atoms with Crippen molar-refractivity contribution < 1.29 is 4.79 Å². The van der Waals surface area contributed by atoms with Crippen molar-refractivity contribution in [2.45, 2.75) is 6.54 Å². The van der Waals surface area contributed by atoms with Crippen LogP contribution in [0.15, 0.2) is 97.1 Å². The highest BCUT2D eigenvalue weighted by molar-refractivity contribution is 7.17. The van der Waals surface area contributed by atoms with Gasteiger partial charge < -0.3 is 5.32 Å². The number of benzene rings is 3. The first-order valence-electron chi connectivity index (χ1n) is 10.3. The lowest BCUT2D eigenvalue weighted by Crippen LogP contribution is -2.22. The van der Waals surface area contributed by atoms with Crippen LogP contribution in [0.3, 0.4) is 0 Å². The molecule has 0 fully saturated rings. The molecule has 32 heavy (non-hydrogen) atoms. The Bertz CT molecular complexity index is 1330. The van der Waals surface area contributed by atoms with Crippen LogP contribution in [-0.4, -0.2) is 21.1 Å². The van der Waals surface area contributed by atoms with E-state index in [1.807, 2.05) is 60.7 Å². The molecule has 0 radical (unpaired) electrons. The molecule has 0 saturated carbocycles. The molecule has 0 saturated heterocycles. The van der Waals surface area contributed by atoms with Crippen LogP contribution in [0.4, 0.5) is 0 Å². The third-order valence-electron chi connectivity index (χ3n) is 5.09. The second kappa shape index (κ2) is 8.99. The molecule has 2 aromatic heterocycles. The summed E-state index contributed by atoms with van der Waals surface area (Å²) in [5.41, 5.74) is 4.39. The van der Waals surface area contributed by atoms with Crippen LogP contribution in [-0.2, 0) is 6.54 Å². The number of H-pyrrole nitrogens is 1. The molecule has 0 unspecified atom stereocenters. The SMILES string of the molecule is O=C(NCc1nc(-c2ccccc2)n[nH]1)c1ccc(-c2ccc(-c3ccccc3)cc2)s1. The highest BCUT2D eigenvalue weighted by Crippen LogP contribution is 2.30. The Balaban J connectivity index is 1.23. The molecule has 156 valence electrons. The highest BCUT2D eigenvalue weighted by Gasteiger charge is 2.12. The fourth-order valence-electron chi connectivity index (χ4n) is 3.41. The molecular weight excluding hydrogens is 416 g/mol. The van der Waals surface area contributed by atoms with Crippen LogP contribution < -0.4 is 5.32 Å². The maximum absolute atomic E-state index is 12.6. The van der Waals surface area contributed by atoms with Gasteiger partial charge in [0.25, 0.3) is 5.91 Å². The second-order valence-electron chi connectivity index (χ2n) is 7.26. The molecular formula is C26H20N4OS. The molecule has 0 atom stereocenters. The predicted molar refractivity (Wildman–Crippen MR) is 128 cm³/mol. The Hall–Kier alpha value is -4.03. The summed E-state index contributed by atoms with van der Waals surface area (Å²) in [7, 11) is 0. The van der Waals surface area contributed by atoms with Gasteiger partial charge in [-0.3, -0.25) is 9.89 Å². The summed E-state index contributed by atoms with van der Waals surface area (Å²) < 4.78 is 0. The smallest absolute Gasteiger partial charge is 0.261 e. The van der Waals surface area contributed by atoms with Crippen molar-refractivity contribution in [2.24, 2.45) is 0 Å². The van der Waals surface area contributed by atoms with E-state index in [0.717, 1.165) is 16.0 Å². The van der Waals surface area contributed by atoms with Crippen LogP contribution >= 0.6 is 11.3 Å². The van der Waals surface area contributed by atoms with Gasteiger partial charge in [0.05, 0.1) is 11.4 Å². The number of hydrogen-bond acceptors (Lipinski definition) is 4. The van der Waals surface area contributed by atoms with Gasteiger partial charge in [0.1, 0.15) is 5.82 Å². The van der Waals surface area contributed by atoms with Crippen molar-refractivity contribution in [3.05, 3.63) is 108 Å². The number of thiophene rings is 1. The van der Waals surface area contributed by atoms with E-state index in [9.17, 15) is 4.79 Å². The minimum Gasteiger partial charge on any atom is -0.344 e. The number of rotatable bonds is 6. The van der Waals surface area contributed by atoms with Crippen LogP contribution in [0.5, 0.6) is 0 Å². The molecule has 5 nitrogen and oxygen atoms in total. The molecule has 3 aromatic carbocycles. The molecule has 2 N–H and O–H groups in total. The van der Waals surface area contributed by atoms with Gasteiger partial charge in [0.2, 0.25) is 0 Å². The molecule has 6 heteroatoms. The Morgan fingerprint density at radius 3 is 2.09 bits per heavy atom. The lowest BCUT2D eigenvalue weighted by atomic mass is 10.0. The fourth-order valence-corrected chi connectivity index (χ4v) is 4.34. The predicted octanol–water partition coefficient (Wildman–Crippen LogP) is 5.80. The summed E-state index contributed by atoms with van der Waals surface area (Å²) in [6.07, 6.45) is 0. The molecule has 0 aliphatic heterocycles. The van der Waals surface area contributed by atoms with Crippen LogP contribution in [0.1, 0.15) is 15.5 Å². The van der Waals surface area contributed by atoms with Gasteiger partial charge in [0, 0.05) is 10.4 Å². The van der Waals surface area contributed by atoms with Crippen molar-refractivity contribution in [3.63, 3.8) is 0 Å². The van der Waals surface area contributed by atoms with Gasteiger partial charge in [-0.2, -0.15) is 5.10 Å². The molecule has 5 rings (SSSR count). The van der Waals surface area contributed by atoms with E-state index in [-0.39, 0.29) is 12.5 Å². The van der Waals surface area contributed by atoms with Gasteiger partial charge >= 0.3 is 0 Å². The zero-order valence-corrected chi connectivity index (χ0v) is 18.0.